The van der Waals surface area contributed by atoms with E-state index < -0.39 is 0 Å². The molecule has 5 heteroatoms. The van der Waals surface area contributed by atoms with Gasteiger partial charge in [-0.2, -0.15) is 0 Å². The van der Waals surface area contributed by atoms with Gasteiger partial charge in [-0.3, -0.25) is 9.59 Å². The van der Waals surface area contributed by atoms with Crippen LogP contribution in [0.4, 0.5) is 0 Å². The molecule has 0 unspecified atom stereocenters. The van der Waals surface area contributed by atoms with E-state index >= 15 is 0 Å². The molecule has 1 aromatic rings. The molecule has 1 heterocycles. The zero-order valence-electron chi connectivity index (χ0n) is 9.54. The summed E-state index contributed by atoms with van der Waals surface area (Å²) in [4.78, 5) is 24.8. The summed E-state index contributed by atoms with van der Waals surface area (Å²) in [6, 6.07) is 3.25. The molecule has 0 atom stereocenters. The van der Waals surface area contributed by atoms with E-state index in [-0.39, 0.29) is 11.5 Å². The van der Waals surface area contributed by atoms with E-state index in [2.05, 4.69) is 15.6 Å². The predicted molar refractivity (Wildman–Crippen MR) is 62.5 cm³/mol. The molecule has 0 radical (unpaired) electrons. The minimum Gasteiger partial charge on any atom is -0.351 e. The van der Waals surface area contributed by atoms with Gasteiger partial charge in [-0.1, -0.05) is 13.8 Å². The molecule has 88 valence electrons. The van der Waals surface area contributed by atoms with Crippen LogP contribution in [-0.4, -0.2) is 30.0 Å². The molecule has 1 aromatic heterocycles. The maximum absolute atomic E-state index is 11.5. The van der Waals surface area contributed by atoms with Crippen LogP contribution in [0.1, 0.15) is 24.2 Å². The molecule has 1 rings (SSSR count). The second-order valence-electron chi connectivity index (χ2n) is 3.81. The summed E-state index contributed by atoms with van der Waals surface area (Å²) < 4.78 is 0. The van der Waals surface area contributed by atoms with Crippen molar-refractivity contribution >= 4 is 5.91 Å². The molecular weight excluding hydrogens is 206 g/mol. The Hall–Kier alpha value is -1.62. The zero-order valence-corrected chi connectivity index (χ0v) is 9.54. The Morgan fingerprint density at radius 1 is 1.38 bits per heavy atom. The normalized spacial score (nSPS) is 10.4. The summed E-state index contributed by atoms with van der Waals surface area (Å²) in [5, 5.41) is 5.94. The Morgan fingerprint density at radius 3 is 2.69 bits per heavy atom. The van der Waals surface area contributed by atoms with Gasteiger partial charge in [0, 0.05) is 31.4 Å². The van der Waals surface area contributed by atoms with Gasteiger partial charge in [0.05, 0.1) is 5.56 Å². The Balaban J connectivity index is 2.35. The van der Waals surface area contributed by atoms with Crippen LogP contribution in [0.5, 0.6) is 0 Å². The SMILES string of the molecule is CC(C)NCCNC(=O)c1ccc(=O)[nH]c1. The first-order valence-electron chi connectivity index (χ1n) is 5.30. The van der Waals surface area contributed by atoms with Crippen molar-refractivity contribution in [2.24, 2.45) is 0 Å². The monoisotopic (exact) mass is 223 g/mol. The van der Waals surface area contributed by atoms with Gasteiger partial charge in [-0.25, -0.2) is 0 Å². The Kier molecular flexibility index (Phi) is 4.72. The molecule has 0 aromatic carbocycles. The fraction of sp³-hybridized carbons (Fsp3) is 0.455. The summed E-state index contributed by atoms with van der Waals surface area (Å²) in [5.41, 5.74) is 0.252. The van der Waals surface area contributed by atoms with Crippen molar-refractivity contribution in [1.82, 2.24) is 15.6 Å². The van der Waals surface area contributed by atoms with Crippen molar-refractivity contribution in [3.05, 3.63) is 34.2 Å². The average Bonchev–Trinajstić information content (AvgIpc) is 2.25. The smallest absolute Gasteiger partial charge is 0.252 e. The number of hydrogen-bond acceptors (Lipinski definition) is 3. The van der Waals surface area contributed by atoms with Crippen molar-refractivity contribution in [1.29, 1.82) is 0 Å². The highest BCUT2D eigenvalue weighted by Crippen LogP contribution is 1.91. The van der Waals surface area contributed by atoms with E-state index in [1.807, 2.05) is 13.8 Å². The quantitative estimate of drug-likeness (QED) is 0.620. The lowest BCUT2D eigenvalue weighted by molar-refractivity contribution is 0.0953. The Bertz CT molecular complexity index is 378. The molecule has 0 fully saturated rings. The lowest BCUT2D eigenvalue weighted by Crippen LogP contribution is -2.34. The molecule has 0 spiro atoms. The van der Waals surface area contributed by atoms with Gasteiger partial charge in [0.25, 0.3) is 5.91 Å². The van der Waals surface area contributed by atoms with Gasteiger partial charge < -0.3 is 15.6 Å². The third kappa shape index (κ3) is 4.27. The van der Waals surface area contributed by atoms with Crippen LogP contribution in [0, 0.1) is 0 Å². The van der Waals surface area contributed by atoms with Gasteiger partial charge in [-0.05, 0) is 6.07 Å². The van der Waals surface area contributed by atoms with Gasteiger partial charge in [0.2, 0.25) is 5.56 Å². The number of aromatic amines is 1. The minimum absolute atomic E-state index is 0.179. The average molecular weight is 223 g/mol. The van der Waals surface area contributed by atoms with Crippen molar-refractivity contribution in [2.75, 3.05) is 13.1 Å². The molecule has 0 bridgehead atoms. The van der Waals surface area contributed by atoms with Gasteiger partial charge in [0.1, 0.15) is 0 Å². The molecule has 0 saturated carbocycles. The molecule has 0 aliphatic heterocycles. The standard InChI is InChI=1S/C11H17N3O2/c1-8(2)12-5-6-13-11(16)9-3-4-10(15)14-7-9/h3-4,7-8,12H,5-6H2,1-2H3,(H,13,16)(H,14,15). The number of carbonyl (C=O) groups is 1. The van der Waals surface area contributed by atoms with Crippen molar-refractivity contribution in [3.63, 3.8) is 0 Å². The topological polar surface area (TPSA) is 74.0 Å². The van der Waals surface area contributed by atoms with Crippen LogP contribution in [0.15, 0.2) is 23.1 Å². The molecule has 0 aliphatic rings. The highest BCUT2D eigenvalue weighted by Gasteiger charge is 2.03. The second-order valence-corrected chi connectivity index (χ2v) is 3.81. The maximum atomic E-state index is 11.5. The number of rotatable bonds is 5. The maximum Gasteiger partial charge on any atom is 0.252 e. The first-order chi connectivity index (χ1) is 7.59. The van der Waals surface area contributed by atoms with Crippen LogP contribution in [0.3, 0.4) is 0 Å². The van der Waals surface area contributed by atoms with Crippen molar-refractivity contribution < 1.29 is 4.79 Å². The van der Waals surface area contributed by atoms with E-state index in [4.69, 9.17) is 0 Å². The van der Waals surface area contributed by atoms with E-state index in [1.165, 1.54) is 18.3 Å². The van der Waals surface area contributed by atoms with E-state index in [0.717, 1.165) is 6.54 Å². The summed E-state index contributed by atoms with van der Waals surface area (Å²) in [5.74, 6) is -0.179. The lowest BCUT2D eigenvalue weighted by atomic mass is 10.2. The fourth-order valence-electron chi connectivity index (χ4n) is 1.19. The summed E-state index contributed by atoms with van der Waals surface area (Å²) >= 11 is 0. The predicted octanol–water partition coefficient (Wildman–Crippen LogP) is 0.103. The number of amides is 1. The highest BCUT2D eigenvalue weighted by molar-refractivity contribution is 5.93. The van der Waals surface area contributed by atoms with Gasteiger partial charge >= 0.3 is 0 Å². The number of hydrogen-bond donors (Lipinski definition) is 3. The molecule has 0 saturated heterocycles. The fourth-order valence-corrected chi connectivity index (χ4v) is 1.19. The molecule has 5 nitrogen and oxygen atoms in total. The van der Waals surface area contributed by atoms with E-state index in [1.54, 1.807) is 0 Å². The number of nitrogens with one attached hydrogen (secondary N) is 3. The molecule has 16 heavy (non-hydrogen) atoms. The van der Waals surface area contributed by atoms with Crippen molar-refractivity contribution in [3.8, 4) is 0 Å². The number of H-pyrrole nitrogens is 1. The van der Waals surface area contributed by atoms with E-state index in [0.29, 0.717) is 18.2 Å². The summed E-state index contributed by atoms with van der Waals surface area (Å²) in [7, 11) is 0. The summed E-state index contributed by atoms with van der Waals surface area (Å²) in [6.07, 6.45) is 1.41. The van der Waals surface area contributed by atoms with Gasteiger partial charge in [-0.15, -0.1) is 0 Å². The van der Waals surface area contributed by atoms with Crippen molar-refractivity contribution in [2.45, 2.75) is 19.9 Å². The second kappa shape index (κ2) is 6.07. The lowest BCUT2D eigenvalue weighted by Gasteiger charge is -2.08. The molecule has 3 N–H and O–H groups in total. The van der Waals surface area contributed by atoms with Crippen LogP contribution in [-0.2, 0) is 0 Å². The third-order valence-corrected chi connectivity index (χ3v) is 2.01. The first-order valence-corrected chi connectivity index (χ1v) is 5.30. The van der Waals surface area contributed by atoms with Crippen LogP contribution in [0.2, 0.25) is 0 Å². The largest absolute Gasteiger partial charge is 0.351 e. The summed E-state index contributed by atoms with van der Waals surface area (Å²) in [6.45, 7) is 5.39. The molecule has 1 amide bonds. The highest BCUT2D eigenvalue weighted by atomic mass is 16.1. The third-order valence-electron chi connectivity index (χ3n) is 2.01. The number of carbonyl (C=O) groups excluding carboxylic acids is 1. The molecular formula is C11H17N3O2. The van der Waals surface area contributed by atoms with Crippen LogP contribution < -0.4 is 16.2 Å². The van der Waals surface area contributed by atoms with Crippen LogP contribution >= 0.6 is 0 Å². The van der Waals surface area contributed by atoms with E-state index in [9.17, 15) is 9.59 Å². The zero-order chi connectivity index (χ0) is 12.0. The Labute approximate surface area is 94.3 Å². The Morgan fingerprint density at radius 2 is 2.12 bits per heavy atom. The first kappa shape index (κ1) is 12.4. The minimum atomic E-state index is -0.210. The number of aromatic nitrogens is 1. The molecule has 0 aliphatic carbocycles. The number of pyridine rings is 1. The van der Waals surface area contributed by atoms with Crippen LogP contribution in [0.25, 0.3) is 0 Å². The van der Waals surface area contributed by atoms with Gasteiger partial charge in [0.15, 0.2) is 0 Å².